The summed E-state index contributed by atoms with van der Waals surface area (Å²) in [6.45, 7) is 6.25. The van der Waals surface area contributed by atoms with E-state index < -0.39 is 22.9 Å². The number of esters is 2. The number of hydrogen-bond donors (Lipinski definition) is 6. The molecule has 0 amide bonds. The summed E-state index contributed by atoms with van der Waals surface area (Å²) in [5, 5.41) is 37.5. The Kier molecular flexibility index (Phi) is 13.2. The lowest BCUT2D eigenvalue weighted by Crippen LogP contribution is -2.58. The summed E-state index contributed by atoms with van der Waals surface area (Å²) < 4.78 is 13.6. The molecule has 0 radical (unpaired) electrons. The Morgan fingerprint density at radius 3 is 2.55 bits per heavy atom. The molecule has 6 N–H and O–H groups in total. The van der Waals surface area contributed by atoms with E-state index in [1.807, 2.05) is 25.1 Å². The number of piperidine rings is 1. The molecule has 4 aromatic carbocycles. The molecule has 10 heteroatoms. The predicted octanol–water partition coefficient (Wildman–Crippen LogP) is 11.3. The van der Waals surface area contributed by atoms with Gasteiger partial charge in [-0.25, -0.2) is 9.59 Å². The van der Waals surface area contributed by atoms with Gasteiger partial charge in [0.1, 0.15) is 17.3 Å². The van der Waals surface area contributed by atoms with Crippen LogP contribution < -0.4 is 21.3 Å². The highest BCUT2D eigenvalue weighted by molar-refractivity contribution is 6.08. The summed E-state index contributed by atoms with van der Waals surface area (Å²) >= 11 is 0. The zero-order chi connectivity index (χ0) is 52.6. The van der Waals surface area contributed by atoms with Crippen molar-refractivity contribution in [2.24, 2.45) is 45.8 Å². The van der Waals surface area contributed by atoms with Crippen LogP contribution in [0.2, 0.25) is 0 Å². The molecule has 5 aliphatic heterocycles. The quantitative estimate of drug-likeness (QED) is 0.0709. The van der Waals surface area contributed by atoms with Crippen LogP contribution in [0.25, 0.3) is 16.7 Å². The van der Waals surface area contributed by atoms with E-state index in [2.05, 4.69) is 132 Å². The van der Waals surface area contributed by atoms with Crippen LogP contribution in [0.3, 0.4) is 0 Å². The van der Waals surface area contributed by atoms with E-state index in [-0.39, 0.29) is 53.2 Å². The summed E-state index contributed by atoms with van der Waals surface area (Å²) in [5.74, 6) is 1.12. The third kappa shape index (κ3) is 8.55. The minimum absolute atomic E-state index is 0.0429. The number of carbonyl (C=O) groups is 2. The molecule has 2 saturated carbocycles. The minimum Gasteiger partial charge on any atom is -0.508 e. The van der Waals surface area contributed by atoms with Crippen LogP contribution >= 0.6 is 0 Å². The van der Waals surface area contributed by atoms with Gasteiger partial charge in [-0.05, 0) is 208 Å². The SMILES string of the molecule is CCC(C=C1OC(=O)C2=C3c4cc(O)ccc4-c4cccc(c4)C4C=CC56CCC7=C(C(=O)OC7=CCC7(C8CCNC(NC)C8)CCC(C7)C(NCC(C)O)c7cccc(c7)CCN4)C5C12CCC36)Cc1ccccc1. The van der Waals surface area contributed by atoms with E-state index in [4.69, 9.17) is 9.47 Å². The molecule has 5 heterocycles. The van der Waals surface area contributed by atoms with Crippen LogP contribution in [-0.2, 0) is 31.9 Å². The number of carbonyl (C=O) groups excluding carboxylic acids is 2. The molecule has 11 aliphatic rings. The lowest BCUT2D eigenvalue weighted by atomic mass is 9.38. The highest BCUT2D eigenvalue weighted by Gasteiger charge is 2.73. The summed E-state index contributed by atoms with van der Waals surface area (Å²) in [6.07, 6.45) is 20.5. The maximum absolute atomic E-state index is 15.6. The Bertz CT molecular complexity index is 3150. The number of aliphatic hydroxyl groups is 1. The van der Waals surface area contributed by atoms with Crippen LogP contribution in [0.15, 0.2) is 150 Å². The van der Waals surface area contributed by atoms with E-state index in [0.29, 0.717) is 48.3 Å². The number of nitrogens with one attached hydrogen (secondary N) is 4. The number of hydrogen-bond acceptors (Lipinski definition) is 10. The highest BCUT2D eigenvalue weighted by Crippen LogP contribution is 2.77. The van der Waals surface area contributed by atoms with Crippen molar-refractivity contribution in [3.05, 3.63) is 177 Å². The fraction of sp³-hybridized carbons (Fsp3) is 0.463. The number of ether oxygens (including phenoxy) is 2. The number of phenolic OH excluding ortho intramolecular Hbond substituents is 1. The highest BCUT2D eigenvalue weighted by atomic mass is 16.6. The number of aromatic hydroxyl groups is 1. The third-order valence-electron chi connectivity index (χ3n) is 20.4. The van der Waals surface area contributed by atoms with E-state index in [1.54, 1.807) is 6.07 Å². The molecule has 6 aliphatic carbocycles. The Morgan fingerprint density at radius 2 is 1.70 bits per heavy atom. The summed E-state index contributed by atoms with van der Waals surface area (Å²) in [4.78, 5) is 31.0. The average Bonchev–Trinajstić information content (AvgIpc) is 3.70. The van der Waals surface area contributed by atoms with Crippen molar-refractivity contribution < 1.29 is 29.3 Å². The number of allylic oxidation sites excluding steroid dienone is 6. The normalized spacial score (nSPS) is 33.4. The van der Waals surface area contributed by atoms with Crippen molar-refractivity contribution in [3.63, 3.8) is 0 Å². The zero-order valence-corrected chi connectivity index (χ0v) is 45.1. The molecule has 77 heavy (non-hydrogen) atoms. The van der Waals surface area contributed by atoms with Gasteiger partial charge in [0.2, 0.25) is 0 Å². The van der Waals surface area contributed by atoms with Gasteiger partial charge in [-0.15, -0.1) is 0 Å². The second-order valence-electron chi connectivity index (χ2n) is 24.5. The van der Waals surface area contributed by atoms with Gasteiger partial charge < -0.3 is 41.0 Å². The molecule has 15 rings (SSSR count). The molecular formula is C67H76N4O6. The number of aliphatic hydroxyl groups excluding tert-OH is 1. The van der Waals surface area contributed by atoms with E-state index in [1.165, 1.54) is 16.7 Å². The second kappa shape index (κ2) is 20.1. The molecule has 4 fully saturated rings. The molecule has 12 atom stereocenters. The van der Waals surface area contributed by atoms with Gasteiger partial charge in [0.05, 0.1) is 29.3 Å². The summed E-state index contributed by atoms with van der Waals surface area (Å²) in [6, 6.07) is 34.0. The molecule has 4 aromatic rings. The molecule has 400 valence electrons. The molecule has 0 aromatic heterocycles. The first-order valence-corrected chi connectivity index (χ1v) is 29.2. The van der Waals surface area contributed by atoms with E-state index in [0.717, 1.165) is 123 Å². The molecule has 12 unspecified atom stereocenters. The van der Waals surface area contributed by atoms with E-state index >= 15 is 9.59 Å². The van der Waals surface area contributed by atoms with Crippen molar-refractivity contribution in [3.8, 4) is 16.9 Å². The molecule has 2 spiro atoms. The number of phenols is 1. The topological polar surface area (TPSA) is 141 Å². The van der Waals surface area contributed by atoms with Crippen molar-refractivity contribution in [1.82, 2.24) is 21.3 Å². The molecule has 2 saturated heterocycles. The van der Waals surface area contributed by atoms with Gasteiger partial charge in [0.25, 0.3) is 0 Å². The Morgan fingerprint density at radius 1 is 0.844 bits per heavy atom. The number of cyclic esters (lactones) is 1. The fourth-order valence-corrected chi connectivity index (χ4v) is 16.9. The first-order chi connectivity index (χ1) is 37.5. The van der Waals surface area contributed by atoms with Crippen LogP contribution in [0.5, 0.6) is 5.75 Å². The van der Waals surface area contributed by atoms with Gasteiger partial charge >= 0.3 is 11.9 Å². The average molecular weight is 1030 g/mol. The van der Waals surface area contributed by atoms with Crippen LogP contribution in [0.1, 0.15) is 124 Å². The largest absolute Gasteiger partial charge is 0.508 e. The van der Waals surface area contributed by atoms with Gasteiger partial charge in [-0.1, -0.05) is 97.9 Å². The first-order valence-electron chi connectivity index (χ1n) is 29.2. The number of fused-ring (bicyclic) bond motifs is 9. The van der Waals surface area contributed by atoms with Crippen LogP contribution in [-0.4, -0.2) is 61.1 Å². The predicted molar refractivity (Wildman–Crippen MR) is 300 cm³/mol. The lowest BCUT2D eigenvalue weighted by molar-refractivity contribution is -0.135. The van der Waals surface area contributed by atoms with Crippen LogP contribution in [0.4, 0.5) is 0 Å². The third-order valence-corrected chi connectivity index (χ3v) is 20.4. The smallest absolute Gasteiger partial charge is 0.340 e. The standard InChI is InChI=1S/C67H76N4O6/c1-4-41(32-42-10-6-5-7-11-42)34-56-67-29-20-53-58(60(67)64(75)77-56)52-37-49(73)16-17-50(52)44-13-9-14-45(35-44)54-21-28-66(53)27-19-51-55(76-63(74)59(51)62(66)67)22-26-65(48-24-31-70-57(36-48)68-3)25-18-47(38-65)61(71-39-40(2)72)46-15-8-12-43(33-46)23-30-69-54/h5-17,21-22,28,33-35,37,40-41,47-48,53-54,57,61-62,68-73H,4,18-20,23-27,29-32,36,38-39H2,1-3H3. The minimum atomic E-state index is -0.976. The van der Waals surface area contributed by atoms with Gasteiger partial charge in [0, 0.05) is 41.6 Å². The van der Waals surface area contributed by atoms with Gasteiger partial charge in [-0.3, -0.25) is 0 Å². The van der Waals surface area contributed by atoms with Crippen molar-refractivity contribution >= 4 is 17.5 Å². The first kappa shape index (κ1) is 50.6. The van der Waals surface area contributed by atoms with Crippen molar-refractivity contribution in [2.45, 2.75) is 122 Å². The maximum atomic E-state index is 15.6. The van der Waals surface area contributed by atoms with E-state index in [9.17, 15) is 10.2 Å². The molecule has 14 bridgehead atoms. The summed E-state index contributed by atoms with van der Waals surface area (Å²) in [7, 11) is 2.05. The van der Waals surface area contributed by atoms with Crippen molar-refractivity contribution in [1.29, 1.82) is 0 Å². The molecule has 10 nitrogen and oxygen atoms in total. The number of benzene rings is 4. The number of rotatable bonds is 9. The Labute approximate surface area is 454 Å². The van der Waals surface area contributed by atoms with Gasteiger partial charge in [-0.2, -0.15) is 0 Å². The Balaban J connectivity index is 1.04. The zero-order valence-electron chi connectivity index (χ0n) is 45.1. The second-order valence-corrected chi connectivity index (χ2v) is 24.5. The maximum Gasteiger partial charge on any atom is 0.340 e. The monoisotopic (exact) mass is 1030 g/mol. The lowest BCUT2D eigenvalue weighted by Gasteiger charge is -2.62. The van der Waals surface area contributed by atoms with Crippen LogP contribution in [0, 0.1) is 45.8 Å². The fourth-order valence-electron chi connectivity index (χ4n) is 16.9. The van der Waals surface area contributed by atoms with Crippen molar-refractivity contribution in [2.75, 3.05) is 26.7 Å². The Hall–Kier alpha value is -5.88. The van der Waals surface area contributed by atoms with Gasteiger partial charge in [0.15, 0.2) is 0 Å². The molecular weight excluding hydrogens is 957 g/mol. The summed E-state index contributed by atoms with van der Waals surface area (Å²) in [5.41, 5.74) is 9.39.